The molecule has 1 N–H and O–H groups in total. The van der Waals surface area contributed by atoms with E-state index in [1.165, 1.54) is 0 Å². The molecule has 0 unspecified atom stereocenters. The van der Waals surface area contributed by atoms with Gasteiger partial charge >= 0.3 is 0 Å². The van der Waals surface area contributed by atoms with E-state index in [9.17, 15) is 4.79 Å². The Kier molecular flexibility index (Phi) is 4.34. The first-order valence-electron chi connectivity index (χ1n) is 4.26. The second-order valence-electron chi connectivity index (χ2n) is 3.40. The van der Waals surface area contributed by atoms with Crippen molar-refractivity contribution >= 4 is 5.78 Å². The van der Waals surface area contributed by atoms with Crippen LogP contribution in [0.15, 0.2) is 0 Å². The summed E-state index contributed by atoms with van der Waals surface area (Å²) in [6, 6.07) is 0. The molecule has 0 heterocycles. The molecule has 0 aliphatic heterocycles. The molecule has 0 atom stereocenters. The van der Waals surface area contributed by atoms with E-state index < -0.39 is 0 Å². The second-order valence-corrected chi connectivity index (χ2v) is 3.40. The molecule has 0 rings (SSSR count). The fourth-order valence-electron chi connectivity index (χ4n) is 0.789. The SMILES string of the molecule is CCCCC(=O)C(C)(C)NC. The average Bonchev–Trinajstić information content (AvgIpc) is 2.00. The van der Waals surface area contributed by atoms with E-state index in [2.05, 4.69) is 12.2 Å². The molecule has 0 aromatic carbocycles. The van der Waals surface area contributed by atoms with Gasteiger partial charge in [0, 0.05) is 6.42 Å². The van der Waals surface area contributed by atoms with E-state index >= 15 is 0 Å². The molecule has 0 aliphatic rings. The number of carbonyl (C=O) groups excluding carboxylic acids is 1. The minimum absolute atomic E-state index is 0.307. The van der Waals surface area contributed by atoms with E-state index in [4.69, 9.17) is 0 Å². The van der Waals surface area contributed by atoms with Gasteiger partial charge in [0.1, 0.15) is 0 Å². The lowest BCUT2D eigenvalue weighted by molar-refractivity contribution is -0.124. The molecule has 11 heavy (non-hydrogen) atoms. The van der Waals surface area contributed by atoms with Crippen LogP contribution in [0.1, 0.15) is 40.0 Å². The highest BCUT2D eigenvalue weighted by Gasteiger charge is 2.23. The Morgan fingerprint density at radius 3 is 2.36 bits per heavy atom. The number of ketones is 1. The monoisotopic (exact) mass is 157 g/mol. The van der Waals surface area contributed by atoms with Crippen molar-refractivity contribution in [2.45, 2.75) is 45.6 Å². The fourth-order valence-corrected chi connectivity index (χ4v) is 0.789. The summed E-state index contributed by atoms with van der Waals surface area (Å²) in [5, 5.41) is 3.00. The Labute approximate surface area is 69.4 Å². The molecule has 0 fully saturated rings. The number of hydrogen-bond acceptors (Lipinski definition) is 2. The van der Waals surface area contributed by atoms with E-state index in [0.29, 0.717) is 12.2 Å². The van der Waals surface area contributed by atoms with Crippen LogP contribution >= 0.6 is 0 Å². The summed E-state index contributed by atoms with van der Waals surface area (Å²) >= 11 is 0. The summed E-state index contributed by atoms with van der Waals surface area (Å²) in [5.74, 6) is 0.307. The van der Waals surface area contributed by atoms with Crippen molar-refractivity contribution in [3.63, 3.8) is 0 Å². The Hall–Kier alpha value is -0.370. The number of rotatable bonds is 5. The van der Waals surface area contributed by atoms with Crippen molar-refractivity contribution in [1.82, 2.24) is 5.32 Å². The van der Waals surface area contributed by atoms with Gasteiger partial charge in [-0.2, -0.15) is 0 Å². The van der Waals surface area contributed by atoms with Crippen molar-refractivity contribution in [2.24, 2.45) is 0 Å². The molecule has 0 radical (unpaired) electrons. The molecule has 0 amide bonds. The van der Waals surface area contributed by atoms with Crippen molar-refractivity contribution in [1.29, 1.82) is 0 Å². The summed E-state index contributed by atoms with van der Waals surface area (Å²) < 4.78 is 0. The summed E-state index contributed by atoms with van der Waals surface area (Å²) in [6.07, 6.45) is 2.79. The average molecular weight is 157 g/mol. The summed E-state index contributed by atoms with van der Waals surface area (Å²) in [6.45, 7) is 5.94. The number of hydrogen-bond donors (Lipinski definition) is 1. The van der Waals surface area contributed by atoms with Crippen molar-refractivity contribution < 1.29 is 4.79 Å². The van der Waals surface area contributed by atoms with Crippen LogP contribution in [0, 0.1) is 0 Å². The van der Waals surface area contributed by atoms with Gasteiger partial charge in [-0.3, -0.25) is 4.79 Å². The molecule has 0 saturated carbocycles. The van der Waals surface area contributed by atoms with Gasteiger partial charge in [-0.15, -0.1) is 0 Å². The van der Waals surface area contributed by atoms with Crippen LogP contribution in [0.2, 0.25) is 0 Å². The predicted molar refractivity (Wildman–Crippen MR) is 47.7 cm³/mol. The van der Waals surface area contributed by atoms with Gasteiger partial charge in [-0.1, -0.05) is 13.3 Å². The van der Waals surface area contributed by atoms with Crippen LogP contribution < -0.4 is 5.32 Å². The summed E-state index contributed by atoms with van der Waals surface area (Å²) in [5.41, 5.74) is -0.338. The third-order valence-corrected chi connectivity index (χ3v) is 2.08. The second kappa shape index (κ2) is 4.50. The molecule has 66 valence electrons. The Morgan fingerprint density at radius 2 is 2.00 bits per heavy atom. The highest BCUT2D eigenvalue weighted by Crippen LogP contribution is 2.08. The molecule has 0 aromatic rings. The largest absolute Gasteiger partial charge is 0.308 e. The first kappa shape index (κ1) is 10.6. The number of nitrogens with one attached hydrogen (secondary N) is 1. The number of carbonyl (C=O) groups is 1. The van der Waals surface area contributed by atoms with Crippen LogP contribution in [0.5, 0.6) is 0 Å². The standard InChI is InChI=1S/C9H19NO/c1-5-6-7-8(11)9(2,3)10-4/h10H,5-7H2,1-4H3. The smallest absolute Gasteiger partial charge is 0.152 e. The van der Waals surface area contributed by atoms with Crippen LogP contribution in [0.4, 0.5) is 0 Å². The van der Waals surface area contributed by atoms with Gasteiger partial charge in [-0.25, -0.2) is 0 Å². The lowest BCUT2D eigenvalue weighted by Gasteiger charge is -2.21. The van der Waals surface area contributed by atoms with Crippen molar-refractivity contribution in [3.8, 4) is 0 Å². The first-order chi connectivity index (χ1) is 5.04. The predicted octanol–water partition coefficient (Wildman–Crippen LogP) is 1.74. The molecule has 0 spiro atoms. The highest BCUT2D eigenvalue weighted by atomic mass is 16.1. The topological polar surface area (TPSA) is 29.1 Å². The molecular formula is C9H19NO. The molecule has 0 bridgehead atoms. The lowest BCUT2D eigenvalue weighted by Crippen LogP contribution is -2.44. The van der Waals surface area contributed by atoms with Crippen LogP contribution in [0.3, 0.4) is 0 Å². The van der Waals surface area contributed by atoms with E-state index in [0.717, 1.165) is 12.8 Å². The maximum absolute atomic E-state index is 11.4. The third-order valence-electron chi connectivity index (χ3n) is 2.08. The maximum atomic E-state index is 11.4. The normalized spacial score (nSPS) is 11.6. The number of likely N-dealkylation sites (N-methyl/N-ethyl adjacent to an activating group) is 1. The zero-order valence-electron chi connectivity index (χ0n) is 8.03. The van der Waals surface area contributed by atoms with Gasteiger partial charge in [0.05, 0.1) is 5.54 Å². The summed E-state index contributed by atoms with van der Waals surface area (Å²) in [4.78, 5) is 11.4. The highest BCUT2D eigenvalue weighted by molar-refractivity contribution is 5.87. The number of unbranched alkanes of at least 4 members (excludes halogenated alkanes) is 1. The molecule has 0 saturated heterocycles. The zero-order valence-corrected chi connectivity index (χ0v) is 8.03. The van der Waals surface area contributed by atoms with Gasteiger partial charge in [0.2, 0.25) is 0 Å². The van der Waals surface area contributed by atoms with Crippen LogP contribution in [0.25, 0.3) is 0 Å². The Bertz CT molecular complexity index is 130. The van der Waals surface area contributed by atoms with E-state index in [1.807, 2.05) is 20.9 Å². The fraction of sp³-hybridized carbons (Fsp3) is 0.889. The van der Waals surface area contributed by atoms with E-state index in [1.54, 1.807) is 0 Å². The minimum Gasteiger partial charge on any atom is -0.308 e. The molecular weight excluding hydrogens is 138 g/mol. The Balaban J connectivity index is 3.82. The molecule has 2 nitrogen and oxygen atoms in total. The molecule has 0 aliphatic carbocycles. The minimum atomic E-state index is -0.338. The van der Waals surface area contributed by atoms with Gasteiger partial charge < -0.3 is 5.32 Å². The van der Waals surface area contributed by atoms with Gasteiger partial charge in [0.25, 0.3) is 0 Å². The van der Waals surface area contributed by atoms with E-state index in [-0.39, 0.29) is 5.54 Å². The van der Waals surface area contributed by atoms with Crippen LogP contribution in [-0.2, 0) is 4.79 Å². The Morgan fingerprint density at radius 1 is 1.45 bits per heavy atom. The van der Waals surface area contributed by atoms with Gasteiger partial charge in [-0.05, 0) is 27.3 Å². The van der Waals surface area contributed by atoms with Crippen molar-refractivity contribution in [2.75, 3.05) is 7.05 Å². The number of Topliss-reactive ketones (excluding diaryl/α,β-unsaturated/α-hetero) is 1. The maximum Gasteiger partial charge on any atom is 0.152 e. The van der Waals surface area contributed by atoms with Crippen LogP contribution in [-0.4, -0.2) is 18.4 Å². The first-order valence-corrected chi connectivity index (χ1v) is 4.26. The molecule has 0 aromatic heterocycles. The van der Waals surface area contributed by atoms with Gasteiger partial charge in [0.15, 0.2) is 5.78 Å². The zero-order chi connectivity index (χ0) is 8.91. The third kappa shape index (κ3) is 3.51. The van der Waals surface area contributed by atoms with Crippen molar-refractivity contribution in [3.05, 3.63) is 0 Å². The summed E-state index contributed by atoms with van der Waals surface area (Å²) in [7, 11) is 1.82. The lowest BCUT2D eigenvalue weighted by atomic mass is 9.95. The quantitative estimate of drug-likeness (QED) is 0.658. The molecule has 2 heteroatoms.